The second kappa shape index (κ2) is 5.06. The van der Waals surface area contributed by atoms with Crippen LogP contribution in [0.25, 0.3) is 0 Å². The number of carbonyl (C=O) groups is 1. The Bertz CT molecular complexity index is 540. The first-order valence-corrected chi connectivity index (χ1v) is 7.41. The summed E-state index contributed by atoms with van der Waals surface area (Å²) in [6, 6.07) is 4.63. The molecule has 0 N–H and O–H groups in total. The van der Waals surface area contributed by atoms with Crippen molar-refractivity contribution in [3.8, 4) is 0 Å². The van der Waals surface area contributed by atoms with Gasteiger partial charge >= 0.3 is 0 Å². The molecule has 0 aliphatic heterocycles. The molecule has 1 aromatic carbocycles. The van der Waals surface area contributed by atoms with E-state index in [1.54, 1.807) is 24.0 Å². The Hall–Kier alpha value is -1.07. The van der Waals surface area contributed by atoms with Gasteiger partial charge in [-0.3, -0.25) is 4.79 Å². The van der Waals surface area contributed by atoms with Crippen molar-refractivity contribution in [2.24, 2.45) is 0 Å². The maximum absolute atomic E-state index is 11.4. The minimum Gasteiger partial charge on any atom is -0.313 e. The van der Waals surface area contributed by atoms with Crippen LogP contribution in [0.5, 0.6) is 0 Å². The van der Waals surface area contributed by atoms with Crippen molar-refractivity contribution in [1.82, 2.24) is 0 Å². The number of hydrogen-bond acceptors (Lipinski definition) is 3. The van der Waals surface area contributed by atoms with Gasteiger partial charge in [-0.05, 0) is 37.6 Å². The molecule has 4 nitrogen and oxygen atoms in total. The van der Waals surface area contributed by atoms with E-state index in [0.29, 0.717) is 17.8 Å². The van der Waals surface area contributed by atoms with E-state index in [4.69, 9.17) is 10.7 Å². The van der Waals surface area contributed by atoms with Crippen molar-refractivity contribution in [2.45, 2.75) is 25.7 Å². The fourth-order valence-electron chi connectivity index (χ4n) is 1.66. The van der Waals surface area contributed by atoms with E-state index in [-0.39, 0.29) is 10.8 Å². The lowest BCUT2D eigenvalue weighted by Crippen LogP contribution is -2.27. The zero-order valence-corrected chi connectivity index (χ0v) is 11.5. The average molecular weight is 276 g/mol. The third kappa shape index (κ3) is 3.20. The van der Waals surface area contributed by atoms with E-state index < -0.39 is 9.05 Å². The van der Waals surface area contributed by atoms with Crippen molar-refractivity contribution in [2.75, 3.05) is 11.4 Å². The predicted molar refractivity (Wildman–Crippen MR) is 67.9 cm³/mol. The van der Waals surface area contributed by atoms with Gasteiger partial charge < -0.3 is 4.90 Å². The maximum Gasteiger partial charge on any atom is 0.261 e. The van der Waals surface area contributed by atoms with E-state index in [1.165, 1.54) is 13.0 Å². The Kier molecular flexibility index (Phi) is 4.16. The van der Waals surface area contributed by atoms with Crippen LogP contribution in [0, 0.1) is 6.92 Å². The van der Waals surface area contributed by atoms with Crippen LogP contribution >= 0.6 is 10.7 Å². The summed E-state index contributed by atoms with van der Waals surface area (Å²) in [5.74, 6) is -0.0895. The summed E-state index contributed by atoms with van der Waals surface area (Å²) in [5.41, 5.74) is 1.19. The number of amides is 1. The highest BCUT2D eigenvalue weighted by atomic mass is 35.7. The average Bonchev–Trinajstić information content (AvgIpc) is 2.15. The van der Waals surface area contributed by atoms with Crippen LogP contribution in [0.3, 0.4) is 0 Å². The molecule has 0 spiro atoms. The van der Waals surface area contributed by atoms with Crippen molar-refractivity contribution in [1.29, 1.82) is 0 Å². The van der Waals surface area contributed by atoms with Crippen molar-refractivity contribution < 1.29 is 13.2 Å². The topological polar surface area (TPSA) is 54.5 Å². The second-order valence-electron chi connectivity index (χ2n) is 3.65. The summed E-state index contributed by atoms with van der Waals surface area (Å²) in [4.78, 5) is 13.0. The van der Waals surface area contributed by atoms with Crippen molar-refractivity contribution in [3.63, 3.8) is 0 Å². The van der Waals surface area contributed by atoms with E-state index in [2.05, 4.69) is 0 Å². The van der Waals surface area contributed by atoms with Crippen molar-refractivity contribution >= 4 is 31.3 Å². The van der Waals surface area contributed by atoms with Gasteiger partial charge in [0.15, 0.2) is 0 Å². The molecule has 0 aliphatic rings. The Labute approximate surface area is 106 Å². The number of carbonyl (C=O) groups excluding carboxylic acids is 1. The summed E-state index contributed by atoms with van der Waals surface area (Å²) in [6.45, 7) is 5.49. The molecule has 17 heavy (non-hydrogen) atoms. The predicted octanol–water partition coefficient (Wildman–Crippen LogP) is 2.30. The number of rotatable bonds is 3. The second-order valence-corrected chi connectivity index (χ2v) is 6.19. The Morgan fingerprint density at radius 1 is 1.41 bits per heavy atom. The normalized spacial score (nSPS) is 11.3. The number of benzene rings is 1. The molecule has 0 bridgehead atoms. The zero-order chi connectivity index (χ0) is 13.2. The largest absolute Gasteiger partial charge is 0.313 e. The van der Waals surface area contributed by atoms with Gasteiger partial charge in [-0.2, -0.15) is 0 Å². The molecule has 1 rings (SSSR count). The lowest BCUT2D eigenvalue weighted by molar-refractivity contribution is -0.116. The lowest BCUT2D eigenvalue weighted by Gasteiger charge is -2.19. The minimum absolute atomic E-state index is 0.0718. The van der Waals surface area contributed by atoms with Crippen LogP contribution in [-0.2, 0) is 13.8 Å². The van der Waals surface area contributed by atoms with Gasteiger partial charge in [-0.25, -0.2) is 8.42 Å². The third-order valence-electron chi connectivity index (χ3n) is 2.43. The molecule has 0 saturated heterocycles. The van der Waals surface area contributed by atoms with Gasteiger partial charge in [0.1, 0.15) is 0 Å². The van der Waals surface area contributed by atoms with E-state index in [9.17, 15) is 13.2 Å². The molecule has 0 saturated carbocycles. The molecule has 0 unspecified atom stereocenters. The molecule has 94 valence electrons. The molecule has 1 aromatic rings. The van der Waals surface area contributed by atoms with Crippen molar-refractivity contribution in [3.05, 3.63) is 23.8 Å². The van der Waals surface area contributed by atoms with Gasteiger partial charge in [0.25, 0.3) is 9.05 Å². The number of halogens is 1. The fourth-order valence-corrected chi connectivity index (χ4v) is 2.86. The first-order valence-electron chi connectivity index (χ1n) is 5.10. The molecular formula is C11H14ClNO3S. The maximum atomic E-state index is 11.4. The summed E-state index contributed by atoms with van der Waals surface area (Å²) in [7, 11) is 1.55. The van der Waals surface area contributed by atoms with E-state index in [0.717, 1.165) is 0 Å². The first kappa shape index (κ1) is 14.0. The van der Waals surface area contributed by atoms with Crippen LogP contribution in [0.4, 0.5) is 5.69 Å². The molecule has 0 radical (unpaired) electrons. The molecule has 6 heteroatoms. The fraction of sp³-hybridized carbons (Fsp3) is 0.364. The molecule has 0 aromatic heterocycles. The highest BCUT2D eigenvalue weighted by molar-refractivity contribution is 8.13. The first-order chi connectivity index (χ1) is 7.77. The molecule has 0 aliphatic carbocycles. The van der Waals surface area contributed by atoms with Crippen LogP contribution in [0.15, 0.2) is 23.1 Å². The number of aryl methyl sites for hydroxylation is 1. The summed E-state index contributed by atoms with van der Waals surface area (Å²) < 4.78 is 22.4. The van der Waals surface area contributed by atoms with Crippen LogP contribution in [0.2, 0.25) is 0 Å². The van der Waals surface area contributed by atoms with Gasteiger partial charge in [-0.15, -0.1) is 0 Å². The number of hydrogen-bond donors (Lipinski definition) is 0. The van der Waals surface area contributed by atoms with E-state index in [1.807, 2.05) is 6.92 Å². The smallest absolute Gasteiger partial charge is 0.261 e. The van der Waals surface area contributed by atoms with E-state index >= 15 is 0 Å². The molecule has 1 amide bonds. The molecule has 0 heterocycles. The third-order valence-corrected chi connectivity index (χ3v) is 3.91. The van der Waals surface area contributed by atoms with Crippen LogP contribution < -0.4 is 4.90 Å². The van der Waals surface area contributed by atoms with Crippen LogP contribution in [-0.4, -0.2) is 20.9 Å². The Morgan fingerprint density at radius 2 is 2.00 bits per heavy atom. The number of anilines is 1. The monoisotopic (exact) mass is 275 g/mol. The van der Waals surface area contributed by atoms with Gasteiger partial charge in [-0.1, -0.05) is 0 Å². The summed E-state index contributed by atoms with van der Waals surface area (Å²) in [6.07, 6.45) is 0. The summed E-state index contributed by atoms with van der Waals surface area (Å²) in [5, 5.41) is 0. The number of nitrogens with zero attached hydrogens (tertiary/aromatic N) is 1. The molecule has 0 atom stereocenters. The van der Waals surface area contributed by atoms with Crippen LogP contribution in [0.1, 0.15) is 19.4 Å². The highest BCUT2D eigenvalue weighted by Gasteiger charge is 2.16. The van der Waals surface area contributed by atoms with Gasteiger partial charge in [0.2, 0.25) is 5.91 Å². The molecule has 0 fully saturated rings. The lowest BCUT2D eigenvalue weighted by atomic mass is 10.2. The zero-order valence-electron chi connectivity index (χ0n) is 9.90. The standard InChI is InChI=1S/C11H14ClNO3S/c1-4-13(9(3)14)10-5-6-11(8(2)7-10)17(12,15)16/h5-7H,4H2,1-3H3. The Balaban J connectivity index is 3.26. The molecular weight excluding hydrogens is 262 g/mol. The quantitative estimate of drug-likeness (QED) is 0.796. The minimum atomic E-state index is -3.73. The Morgan fingerprint density at radius 3 is 2.35 bits per heavy atom. The summed E-state index contributed by atoms with van der Waals surface area (Å²) >= 11 is 0. The van der Waals surface area contributed by atoms with Gasteiger partial charge in [0.05, 0.1) is 4.90 Å². The SMILES string of the molecule is CCN(C(C)=O)c1ccc(S(=O)(=O)Cl)c(C)c1. The van der Waals surface area contributed by atoms with Gasteiger partial charge in [0, 0.05) is 29.8 Å². The highest BCUT2D eigenvalue weighted by Crippen LogP contribution is 2.24.